The quantitative estimate of drug-likeness (QED) is 0.434. The van der Waals surface area contributed by atoms with Gasteiger partial charge in [0.25, 0.3) is 5.22 Å². The average Bonchev–Trinajstić information content (AvgIpc) is 3.23. The Hall–Kier alpha value is -2.44. The van der Waals surface area contributed by atoms with Gasteiger partial charge in [-0.2, -0.15) is 0 Å². The van der Waals surface area contributed by atoms with Crippen LogP contribution in [-0.2, 0) is 14.4 Å². The molecule has 12 heteroatoms. The van der Waals surface area contributed by atoms with Crippen molar-refractivity contribution in [1.29, 1.82) is 0 Å². The fraction of sp³-hybridized carbons (Fsp3) is 0.200. The molecule has 0 radical (unpaired) electrons. The third-order valence-corrected chi connectivity index (χ3v) is 5.70. The first-order valence-electron chi connectivity index (χ1n) is 7.54. The summed E-state index contributed by atoms with van der Waals surface area (Å²) < 4.78 is 6.05. The van der Waals surface area contributed by atoms with E-state index < -0.39 is 11.8 Å². The molecule has 0 aliphatic rings. The highest BCUT2D eigenvalue weighted by Crippen LogP contribution is 2.26. The number of para-hydroxylation sites is 2. The van der Waals surface area contributed by atoms with Gasteiger partial charge in [0, 0.05) is 6.92 Å². The highest BCUT2D eigenvalue weighted by molar-refractivity contribution is 8.01. The highest BCUT2D eigenvalue weighted by atomic mass is 32.2. The summed E-state index contributed by atoms with van der Waals surface area (Å²) in [5.74, 6) is -0.958. The zero-order valence-electron chi connectivity index (χ0n) is 13.9. The molecule has 140 valence electrons. The first kappa shape index (κ1) is 19.3. The smallest absolute Gasteiger partial charge is 0.257 e. The van der Waals surface area contributed by atoms with Gasteiger partial charge in [-0.3, -0.25) is 25.0 Å². The van der Waals surface area contributed by atoms with Crippen LogP contribution in [0.2, 0.25) is 0 Å². The van der Waals surface area contributed by atoms with E-state index in [0.29, 0.717) is 20.3 Å². The Kier molecular flexibility index (Phi) is 6.42. The molecule has 0 bridgehead atoms. The summed E-state index contributed by atoms with van der Waals surface area (Å²) in [5, 5.41) is 13.3. The molecular weight excluding hydrogens is 410 g/mol. The van der Waals surface area contributed by atoms with Gasteiger partial charge in [0.05, 0.1) is 11.5 Å². The Morgan fingerprint density at radius 2 is 1.89 bits per heavy atom. The summed E-state index contributed by atoms with van der Waals surface area (Å²) in [4.78, 5) is 38.5. The Morgan fingerprint density at radius 3 is 2.67 bits per heavy atom. The summed E-state index contributed by atoms with van der Waals surface area (Å²) in [6, 6.07) is 7.36. The number of hydrogen-bond acceptors (Lipinski definition) is 10. The summed E-state index contributed by atoms with van der Waals surface area (Å²) in [6.45, 7) is 1.26. The lowest BCUT2D eigenvalue weighted by atomic mass is 10.3. The minimum atomic E-state index is -0.415. The van der Waals surface area contributed by atoms with Crippen molar-refractivity contribution < 1.29 is 18.8 Å². The monoisotopic (exact) mass is 423 g/mol. The number of hydrogen-bond donors (Lipinski definition) is 2. The van der Waals surface area contributed by atoms with E-state index in [1.807, 2.05) is 24.3 Å². The minimum absolute atomic E-state index is 0.0374. The van der Waals surface area contributed by atoms with Gasteiger partial charge in [0.15, 0.2) is 9.92 Å². The van der Waals surface area contributed by atoms with E-state index >= 15 is 0 Å². The van der Waals surface area contributed by atoms with Gasteiger partial charge in [-0.25, -0.2) is 4.98 Å². The number of amides is 3. The fourth-order valence-electron chi connectivity index (χ4n) is 1.87. The van der Waals surface area contributed by atoms with Crippen LogP contribution in [0.4, 0.5) is 5.13 Å². The number of nitrogens with zero attached hydrogens (tertiary/aromatic N) is 3. The second-order valence-electron chi connectivity index (χ2n) is 5.05. The summed E-state index contributed by atoms with van der Waals surface area (Å²) in [5.41, 5.74) is 1.40. The van der Waals surface area contributed by atoms with Crippen molar-refractivity contribution in [1.82, 2.24) is 20.5 Å². The second kappa shape index (κ2) is 8.97. The van der Waals surface area contributed by atoms with Crippen molar-refractivity contribution in [2.45, 2.75) is 16.5 Å². The average molecular weight is 424 g/mol. The van der Waals surface area contributed by atoms with Gasteiger partial charge in [-0.15, -0.1) is 10.2 Å². The van der Waals surface area contributed by atoms with Crippen molar-refractivity contribution in [3.63, 3.8) is 0 Å². The number of nitrogens with one attached hydrogen (secondary N) is 2. The molecule has 3 amide bonds. The maximum Gasteiger partial charge on any atom is 0.257 e. The van der Waals surface area contributed by atoms with Crippen molar-refractivity contribution in [3.05, 3.63) is 24.3 Å². The zero-order chi connectivity index (χ0) is 19.2. The molecule has 0 saturated carbocycles. The molecule has 1 aromatic carbocycles. The fourth-order valence-corrected chi connectivity index (χ4v) is 4.08. The molecule has 0 unspecified atom stereocenters. The van der Waals surface area contributed by atoms with Crippen LogP contribution in [-0.4, -0.2) is 44.4 Å². The highest BCUT2D eigenvalue weighted by Gasteiger charge is 2.13. The maximum absolute atomic E-state index is 12.0. The van der Waals surface area contributed by atoms with Gasteiger partial charge in [-0.1, -0.05) is 47.0 Å². The number of carbonyl (C=O) groups excluding carboxylic acids is 3. The standard InChI is InChI=1S/C15H13N5O4S3/c1-8(21)16-11(22)7-26-15-20-19-13(27-15)18-12(23)6-25-14-17-9-4-2-3-5-10(9)24-14/h2-5H,6-7H2,1H3,(H,16,21,22)(H,18,19,23). The normalized spacial score (nSPS) is 10.7. The number of imide groups is 1. The number of benzene rings is 1. The SMILES string of the molecule is CC(=O)NC(=O)CSc1nnc(NC(=O)CSc2nc3ccccc3o2)s1. The molecule has 2 N–H and O–H groups in total. The lowest BCUT2D eigenvalue weighted by Crippen LogP contribution is -2.29. The van der Waals surface area contributed by atoms with E-state index in [0.717, 1.165) is 28.6 Å². The summed E-state index contributed by atoms with van der Waals surface area (Å²) in [7, 11) is 0. The summed E-state index contributed by atoms with van der Waals surface area (Å²) >= 11 is 3.45. The van der Waals surface area contributed by atoms with Gasteiger partial charge >= 0.3 is 0 Å². The largest absolute Gasteiger partial charge is 0.431 e. The summed E-state index contributed by atoms with van der Waals surface area (Å²) in [6.07, 6.45) is 0. The van der Waals surface area contributed by atoms with Crippen LogP contribution < -0.4 is 10.6 Å². The van der Waals surface area contributed by atoms with Crippen LogP contribution >= 0.6 is 34.9 Å². The van der Waals surface area contributed by atoms with Gasteiger partial charge in [0.1, 0.15) is 5.52 Å². The van der Waals surface area contributed by atoms with E-state index in [1.165, 1.54) is 18.7 Å². The molecule has 9 nitrogen and oxygen atoms in total. The Balaban J connectivity index is 1.46. The minimum Gasteiger partial charge on any atom is -0.431 e. The molecule has 3 rings (SSSR count). The predicted octanol–water partition coefficient (Wildman–Crippen LogP) is 2.16. The second-order valence-corrected chi connectivity index (χ2v) is 8.18. The molecule has 0 spiro atoms. The Morgan fingerprint density at radius 1 is 1.11 bits per heavy atom. The van der Waals surface area contributed by atoms with E-state index in [9.17, 15) is 14.4 Å². The van der Waals surface area contributed by atoms with Crippen LogP contribution in [0.15, 0.2) is 38.2 Å². The van der Waals surface area contributed by atoms with Crippen LogP contribution in [0.5, 0.6) is 0 Å². The van der Waals surface area contributed by atoms with E-state index in [4.69, 9.17) is 4.42 Å². The molecule has 2 heterocycles. The van der Waals surface area contributed by atoms with Gasteiger partial charge in [0.2, 0.25) is 22.9 Å². The van der Waals surface area contributed by atoms with Crippen LogP contribution in [0.3, 0.4) is 0 Å². The number of anilines is 1. The molecular formula is C15H13N5O4S3. The number of rotatable bonds is 7. The molecule has 0 atom stereocenters. The number of fused-ring (bicyclic) bond motifs is 1. The maximum atomic E-state index is 12.0. The van der Waals surface area contributed by atoms with E-state index in [2.05, 4.69) is 25.8 Å². The molecule has 0 aliphatic heterocycles. The topological polar surface area (TPSA) is 127 Å². The molecule has 27 heavy (non-hydrogen) atoms. The predicted molar refractivity (Wildman–Crippen MR) is 103 cm³/mol. The van der Waals surface area contributed by atoms with Crippen molar-refractivity contribution in [3.8, 4) is 0 Å². The van der Waals surface area contributed by atoms with E-state index in [-0.39, 0.29) is 17.4 Å². The number of oxazole rings is 1. The first-order valence-corrected chi connectivity index (χ1v) is 10.3. The third-order valence-electron chi connectivity index (χ3n) is 2.90. The first-order chi connectivity index (χ1) is 13.0. The lowest BCUT2D eigenvalue weighted by Gasteiger charge is -1.98. The molecule has 0 aliphatic carbocycles. The van der Waals surface area contributed by atoms with Crippen LogP contribution in [0, 0.1) is 0 Å². The molecule has 2 aromatic heterocycles. The van der Waals surface area contributed by atoms with Crippen LogP contribution in [0.1, 0.15) is 6.92 Å². The third kappa shape index (κ3) is 5.77. The van der Waals surface area contributed by atoms with Crippen molar-refractivity contribution >= 4 is 68.8 Å². The molecule has 0 fully saturated rings. The van der Waals surface area contributed by atoms with Crippen LogP contribution in [0.25, 0.3) is 11.1 Å². The number of carbonyl (C=O) groups is 3. The molecule has 0 saturated heterocycles. The lowest BCUT2D eigenvalue weighted by molar-refractivity contribution is -0.127. The molecule has 3 aromatic rings. The number of aromatic nitrogens is 3. The van der Waals surface area contributed by atoms with Gasteiger partial charge < -0.3 is 4.42 Å². The Labute approximate surface area is 165 Å². The zero-order valence-corrected chi connectivity index (χ0v) is 16.4. The van der Waals surface area contributed by atoms with E-state index in [1.54, 1.807) is 0 Å². The van der Waals surface area contributed by atoms with Gasteiger partial charge in [-0.05, 0) is 12.1 Å². The van der Waals surface area contributed by atoms with Crippen molar-refractivity contribution in [2.24, 2.45) is 0 Å². The number of thioether (sulfide) groups is 2. The van der Waals surface area contributed by atoms with Crippen molar-refractivity contribution in [2.75, 3.05) is 16.8 Å². The Bertz CT molecular complexity index is 954.